The van der Waals surface area contributed by atoms with Crippen molar-refractivity contribution < 1.29 is 9.53 Å². The van der Waals surface area contributed by atoms with Crippen LogP contribution in [-0.2, 0) is 9.53 Å². The lowest BCUT2D eigenvalue weighted by atomic mass is 10.0. The van der Waals surface area contributed by atoms with E-state index in [4.69, 9.17) is 33.7 Å². The van der Waals surface area contributed by atoms with Crippen LogP contribution in [0.2, 0.25) is 10.0 Å². The van der Waals surface area contributed by atoms with Gasteiger partial charge in [0.25, 0.3) is 0 Å². The molecule has 0 fully saturated rings. The number of benzene rings is 1. The molecular formula is C13H17Cl2NO2S. The van der Waals surface area contributed by atoms with Gasteiger partial charge in [-0.1, -0.05) is 23.2 Å². The number of carbonyl (C=O) groups excluding carboxylic acids is 1. The molecule has 1 rings (SSSR count). The smallest absolute Gasteiger partial charge is 0.325 e. The van der Waals surface area contributed by atoms with Gasteiger partial charge in [0.15, 0.2) is 0 Å². The topological polar surface area (TPSA) is 52.3 Å². The third-order valence-corrected chi connectivity index (χ3v) is 3.88. The number of ether oxygens (including phenoxy) is 1. The molecule has 1 atom stereocenters. The van der Waals surface area contributed by atoms with Gasteiger partial charge in [-0.3, -0.25) is 4.79 Å². The highest BCUT2D eigenvalue weighted by atomic mass is 35.5. The van der Waals surface area contributed by atoms with Gasteiger partial charge >= 0.3 is 5.97 Å². The molecule has 0 saturated carbocycles. The van der Waals surface area contributed by atoms with Gasteiger partial charge in [-0.2, -0.15) is 0 Å². The minimum absolute atomic E-state index is 0.336. The molecule has 106 valence electrons. The second kappa shape index (κ2) is 7.39. The van der Waals surface area contributed by atoms with E-state index in [1.165, 1.54) is 0 Å². The predicted octanol–water partition coefficient (Wildman–Crippen LogP) is 3.76. The van der Waals surface area contributed by atoms with E-state index in [9.17, 15) is 4.79 Å². The number of halogens is 2. The Bertz CT molecular complexity index is 432. The summed E-state index contributed by atoms with van der Waals surface area (Å²) in [5.41, 5.74) is 4.96. The highest BCUT2D eigenvalue weighted by Crippen LogP contribution is 2.28. The van der Waals surface area contributed by atoms with Crippen LogP contribution in [0.3, 0.4) is 0 Å². The Hall–Kier alpha value is -0.420. The van der Waals surface area contributed by atoms with E-state index >= 15 is 0 Å². The Labute approximate surface area is 127 Å². The third kappa shape index (κ3) is 5.61. The summed E-state index contributed by atoms with van der Waals surface area (Å²) in [7, 11) is 0. The van der Waals surface area contributed by atoms with Crippen molar-refractivity contribution in [1.82, 2.24) is 0 Å². The van der Waals surface area contributed by atoms with Crippen LogP contribution in [0.15, 0.2) is 23.1 Å². The van der Waals surface area contributed by atoms with E-state index in [1.807, 2.05) is 12.1 Å². The number of rotatable bonds is 6. The van der Waals surface area contributed by atoms with Gasteiger partial charge in [-0.05, 0) is 38.5 Å². The highest BCUT2D eigenvalue weighted by molar-refractivity contribution is 7.99. The lowest BCUT2D eigenvalue weighted by molar-refractivity contribution is -0.149. The van der Waals surface area contributed by atoms with Gasteiger partial charge < -0.3 is 10.5 Å². The van der Waals surface area contributed by atoms with E-state index in [0.717, 1.165) is 4.90 Å². The van der Waals surface area contributed by atoms with Gasteiger partial charge in [0, 0.05) is 20.7 Å². The molecule has 6 heteroatoms. The molecule has 0 aliphatic carbocycles. The van der Waals surface area contributed by atoms with Crippen LogP contribution in [0.4, 0.5) is 0 Å². The summed E-state index contributed by atoms with van der Waals surface area (Å²) in [5.74, 6) is 0.308. The van der Waals surface area contributed by atoms with E-state index < -0.39 is 5.54 Å². The summed E-state index contributed by atoms with van der Waals surface area (Å²) in [6.07, 6.45) is 0.515. The van der Waals surface area contributed by atoms with Crippen molar-refractivity contribution >= 4 is 40.9 Å². The summed E-state index contributed by atoms with van der Waals surface area (Å²) < 4.78 is 4.93. The van der Waals surface area contributed by atoms with Gasteiger partial charge in [-0.15, -0.1) is 11.8 Å². The zero-order valence-corrected chi connectivity index (χ0v) is 13.2. The van der Waals surface area contributed by atoms with Gasteiger partial charge in [0.1, 0.15) is 5.54 Å². The summed E-state index contributed by atoms with van der Waals surface area (Å²) in [4.78, 5) is 12.6. The minimum Gasteiger partial charge on any atom is -0.465 e. The first-order valence-corrected chi connectivity index (χ1v) is 7.64. The van der Waals surface area contributed by atoms with Gasteiger partial charge in [-0.25, -0.2) is 0 Å². The molecule has 3 nitrogen and oxygen atoms in total. The van der Waals surface area contributed by atoms with Crippen molar-refractivity contribution in [3.05, 3.63) is 28.2 Å². The van der Waals surface area contributed by atoms with Crippen molar-refractivity contribution in [3.8, 4) is 0 Å². The van der Waals surface area contributed by atoms with Crippen LogP contribution in [0.1, 0.15) is 20.3 Å². The van der Waals surface area contributed by atoms with Crippen LogP contribution >= 0.6 is 35.0 Å². The Balaban J connectivity index is 2.51. The molecule has 0 bridgehead atoms. The third-order valence-electron chi connectivity index (χ3n) is 2.47. The number of hydrogen-bond acceptors (Lipinski definition) is 4. The Morgan fingerprint density at radius 2 is 1.95 bits per heavy atom. The second-order valence-electron chi connectivity index (χ2n) is 4.34. The highest BCUT2D eigenvalue weighted by Gasteiger charge is 2.29. The lowest BCUT2D eigenvalue weighted by Crippen LogP contribution is -2.46. The minimum atomic E-state index is -0.967. The number of hydrogen-bond donors (Lipinski definition) is 1. The SMILES string of the molecule is CCOC(=O)C(C)(N)CCSc1cc(Cl)cc(Cl)c1. The summed E-state index contributed by atoms with van der Waals surface area (Å²) in [6.45, 7) is 3.77. The molecule has 1 aromatic carbocycles. The molecule has 1 aromatic rings. The number of nitrogens with two attached hydrogens (primary N) is 1. The van der Waals surface area contributed by atoms with Crippen molar-refractivity contribution in [2.45, 2.75) is 30.7 Å². The van der Waals surface area contributed by atoms with Crippen LogP contribution < -0.4 is 5.73 Å². The van der Waals surface area contributed by atoms with Crippen LogP contribution in [0.5, 0.6) is 0 Å². The molecule has 0 aromatic heterocycles. The fourth-order valence-electron chi connectivity index (χ4n) is 1.39. The maximum absolute atomic E-state index is 11.6. The Morgan fingerprint density at radius 1 is 1.37 bits per heavy atom. The Kier molecular flexibility index (Phi) is 6.47. The number of carbonyl (C=O) groups is 1. The summed E-state index contributed by atoms with van der Waals surface area (Å²) >= 11 is 13.4. The maximum atomic E-state index is 11.6. The molecule has 0 amide bonds. The van der Waals surface area contributed by atoms with Crippen molar-refractivity contribution in [2.75, 3.05) is 12.4 Å². The molecular weight excluding hydrogens is 305 g/mol. The second-order valence-corrected chi connectivity index (χ2v) is 6.38. The fraction of sp³-hybridized carbons (Fsp3) is 0.462. The first-order valence-electron chi connectivity index (χ1n) is 5.90. The average Bonchev–Trinajstić information content (AvgIpc) is 2.27. The average molecular weight is 322 g/mol. The van der Waals surface area contributed by atoms with Crippen LogP contribution in [0.25, 0.3) is 0 Å². The molecule has 0 saturated heterocycles. The lowest BCUT2D eigenvalue weighted by Gasteiger charge is -2.21. The molecule has 0 heterocycles. The maximum Gasteiger partial charge on any atom is 0.325 e. The molecule has 0 spiro atoms. The Morgan fingerprint density at radius 3 is 2.47 bits per heavy atom. The first-order chi connectivity index (χ1) is 8.85. The van der Waals surface area contributed by atoms with E-state index in [1.54, 1.807) is 31.7 Å². The first kappa shape index (κ1) is 16.6. The monoisotopic (exact) mass is 321 g/mol. The van der Waals surface area contributed by atoms with Crippen LogP contribution in [-0.4, -0.2) is 23.9 Å². The quantitative estimate of drug-likeness (QED) is 0.640. The predicted molar refractivity (Wildman–Crippen MR) is 81.0 cm³/mol. The molecule has 2 N–H and O–H groups in total. The number of thioether (sulfide) groups is 1. The summed E-state index contributed by atoms with van der Waals surface area (Å²) in [6, 6.07) is 5.34. The number of esters is 1. The zero-order valence-electron chi connectivity index (χ0n) is 10.9. The van der Waals surface area contributed by atoms with Crippen molar-refractivity contribution in [2.24, 2.45) is 5.73 Å². The van der Waals surface area contributed by atoms with Gasteiger partial charge in [0.05, 0.1) is 6.61 Å². The van der Waals surface area contributed by atoms with Crippen molar-refractivity contribution in [1.29, 1.82) is 0 Å². The molecule has 0 radical (unpaired) electrons. The fourth-order valence-corrected chi connectivity index (χ4v) is 3.23. The molecule has 1 unspecified atom stereocenters. The molecule has 0 aliphatic rings. The van der Waals surface area contributed by atoms with Crippen molar-refractivity contribution in [3.63, 3.8) is 0 Å². The van der Waals surface area contributed by atoms with E-state index in [2.05, 4.69) is 0 Å². The summed E-state index contributed by atoms with van der Waals surface area (Å²) in [5, 5.41) is 1.19. The normalized spacial score (nSPS) is 13.9. The molecule has 19 heavy (non-hydrogen) atoms. The zero-order chi connectivity index (χ0) is 14.5. The van der Waals surface area contributed by atoms with Gasteiger partial charge in [0.2, 0.25) is 0 Å². The molecule has 0 aliphatic heterocycles. The largest absolute Gasteiger partial charge is 0.465 e. The standard InChI is InChI=1S/C13H17Cl2NO2S/c1-3-18-12(17)13(2,16)4-5-19-11-7-9(14)6-10(15)8-11/h6-8H,3-5,16H2,1-2H3. The van der Waals surface area contributed by atoms with E-state index in [0.29, 0.717) is 28.8 Å². The van der Waals surface area contributed by atoms with Crippen LogP contribution in [0, 0.1) is 0 Å². The van der Waals surface area contributed by atoms with E-state index in [-0.39, 0.29) is 5.97 Å².